The van der Waals surface area contributed by atoms with Gasteiger partial charge in [0.2, 0.25) is 0 Å². The van der Waals surface area contributed by atoms with Gasteiger partial charge < -0.3 is 5.73 Å². The number of hydrogen-bond acceptors (Lipinski definition) is 2. The average molecular weight is 260 g/mol. The number of hydrogen-bond donors (Lipinski definition) is 1. The molecule has 1 fully saturated rings. The SMILES string of the molecule is CCCC1CCCCN1C(CN)c1ccc(C)cc1. The van der Waals surface area contributed by atoms with Crippen LogP contribution >= 0.6 is 0 Å². The lowest BCUT2D eigenvalue weighted by Crippen LogP contribution is -2.44. The maximum atomic E-state index is 6.09. The second-order valence-electron chi connectivity index (χ2n) is 5.84. The molecule has 0 spiro atoms. The number of nitrogens with two attached hydrogens (primary N) is 1. The van der Waals surface area contributed by atoms with Crippen molar-refractivity contribution < 1.29 is 0 Å². The molecule has 0 aromatic heterocycles. The minimum absolute atomic E-state index is 0.400. The Morgan fingerprint density at radius 2 is 2.00 bits per heavy atom. The van der Waals surface area contributed by atoms with E-state index in [1.807, 2.05) is 0 Å². The lowest BCUT2D eigenvalue weighted by molar-refractivity contribution is 0.0912. The van der Waals surface area contributed by atoms with Crippen LogP contribution in [0.1, 0.15) is 56.2 Å². The Kier molecular flexibility index (Phi) is 5.41. The van der Waals surface area contributed by atoms with Crippen molar-refractivity contribution in [2.45, 2.75) is 58.0 Å². The quantitative estimate of drug-likeness (QED) is 0.875. The van der Waals surface area contributed by atoms with Gasteiger partial charge in [-0.3, -0.25) is 4.90 Å². The van der Waals surface area contributed by atoms with Crippen molar-refractivity contribution in [2.75, 3.05) is 13.1 Å². The lowest BCUT2D eigenvalue weighted by atomic mass is 9.93. The van der Waals surface area contributed by atoms with Crippen molar-refractivity contribution in [3.8, 4) is 0 Å². The molecule has 106 valence electrons. The zero-order valence-electron chi connectivity index (χ0n) is 12.4. The van der Waals surface area contributed by atoms with Crippen molar-refractivity contribution in [3.05, 3.63) is 35.4 Å². The molecule has 2 heteroatoms. The van der Waals surface area contributed by atoms with Crippen LogP contribution in [0, 0.1) is 6.92 Å². The average Bonchev–Trinajstić information content (AvgIpc) is 2.44. The van der Waals surface area contributed by atoms with Crippen molar-refractivity contribution in [1.29, 1.82) is 0 Å². The van der Waals surface area contributed by atoms with Gasteiger partial charge in [-0.05, 0) is 38.3 Å². The highest BCUT2D eigenvalue weighted by molar-refractivity contribution is 5.24. The Labute approximate surface area is 118 Å². The summed E-state index contributed by atoms with van der Waals surface area (Å²) in [6.45, 7) is 6.36. The smallest absolute Gasteiger partial charge is 0.0473 e. The van der Waals surface area contributed by atoms with Crippen LogP contribution in [0.5, 0.6) is 0 Å². The van der Waals surface area contributed by atoms with Crippen LogP contribution in [0.15, 0.2) is 24.3 Å². The van der Waals surface area contributed by atoms with Crippen LogP contribution < -0.4 is 5.73 Å². The molecule has 0 saturated carbocycles. The van der Waals surface area contributed by atoms with Gasteiger partial charge in [0.25, 0.3) is 0 Å². The zero-order valence-corrected chi connectivity index (χ0v) is 12.4. The molecule has 2 unspecified atom stereocenters. The molecule has 19 heavy (non-hydrogen) atoms. The minimum Gasteiger partial charge on any atom is -0.329 e. The fraction of sp³-hybridized carbons (Fsp3) is 0.647. The molecular formula is C17H28N2. The van der Waals surface area contributed by atoms with Gasteiger partial charge in [-0.15, -0.1) is 0 Å². The molecule has 1 saturated heterocycles. The number of aryl methyl sites for hydroxylation is 1. The summed E-state index contributed by atoms with van der Waals surface area (Å²) in [5, 5.41) is 0. The third-order valence-electron chi connectivity index (χ3n) is 4.38. The molecule has 0 aliphatic carbocycles. The Hall–Kier alpha value is -0.860. The standard InChI is InChI=1S/C17H28N2/c1-3-6-16-7-4-5-12-19(16)17(13-18)15-10-8-14(2)9-11-15/h8-11,16-17H,3-7,12-13,18H2,1-2H3. The topological polar surface area (TPSA) is 29.3 Å². The summed E-state index contributed by atoms with van der Waals surface area (Å²) in [5.74, 6) is 0. The molecule has 1 aromatic rings. The number of nitrogens with zero attached hydrogens (tertiary/aromatic N) is 1. The highest BCUT2D eigenvalue weighted by Gasteiger charge is 2.28. The Balaban J connectivity index is 2.16. The summed E-state index contributed by atoms with van der Waals surface area (Å²) < 4.78 is 0. The third-order valence-corrected chi connectivity index (χ3v) is 4.38. The molecule has 2 atom stereocenters. The third kappa shape index (κ3) is 3.58. The fourth-order valence-electron chi connectivity index (χ4n) is 3.33. The van der Waals surface area contributed by atoms with E-state index >= 15 is 0 Å². The van der Waals surface area contributed by atoms with Crippen LogP contribution in [0.25, 0.3) is 0 Å². The number of benzene rings is 1. The second-order valence-corrected chi connectivity index (χ2v) is 5.84. The highest BCUT2D eigenvalue weighted by atomic mass is 15.2. The molecule has 1 heterocycles. The molecule has 0 bridgehead atoms. The first-order valence-electron chi connectivity index (χ1n) is 7.78. The highest BCUT2D eigenvalue weighted by Crippen LogP contribution is 2.30. The number of piperidine rings is 1. The first kappa shape index (κ1) is 14.5. The molecule has 1 aliphatic rings. The van der Waals surface area contributed by atoms with Crippen molar-refractivity contribution in [2.24, 2.45) is 5.73 Å². The fourth-order valence-corrected chi connectivity index (χ4v) is 3.33. The largest absolute Gasteiger partial charge is 0.329 e. The van der Waals surface area contributed by atoms with Crippen molar-refractivity contribution in [3.63, 3.8) is 0 Å². The van der Waals surface area contributed by atoms with Gasteiger partial charge in [0.1, 0.15) is 0 Å². The molecule has 1 aliphatic heterocycles. The Morgan fingerprint density at radius 3 is 2.63 bits per heavy atom. The van der Waals surface area contributed by atoms with E-state index in [0.29, 0.717) is 6.04 Å². The first-order chi connectivity index (χ1) is 9.26. The molecule has 2 N–H and O–H groups in total. The molecule has 0 amide bonds. The van der Waals surface area contributed by atoms with E-state index in [9.17, 15) is 0 Å². The maximum absolute atomic E-state index is 6.09. The van der Waals surface area contributed by atoms with E-state index in [0.717, 1.165) is 12.6 Å². The summed E-state index contributed by atoms with van der Waals surface area (Å²) in [5.41, 5.74) is 8.80. The summed E-state index contributed by atoms with van der Waals surface area (Å²) in [6, 6.07) is 10.0. The van der Waals surface area contributed by atoms with Crippen LogP contribution in [0.3, 0.4) is 0 Å². The Bertz CT molecular complexity index is 369. The molecule has 1 aromatic carbocycles. The van der Waals surface area contributed by atoms with E-state index in [4.69, 9.17) is 5.73 Å². The van der Waals surface area contributed by atoms with Gasteiger partial charge >= 0.3 is 0 Å². The Morgan fingerprint density at radius 1 is 1.26 bits per heavy atom. The van der Waals surface area contributed by atoms with Gasteiger partial charge in [-0.2, -0.15) is 0 Å². The first-order valence-corrected chi connectivity index (χ1v) is 7.78. The van der Waals surface area contributed by atoms with Crippen LogP contribution in [-0.4, -0.2) is 24.0 Å². The minimum atomic E-state index is 0.400. The molecule has 2 rings (SSSR count). The van der Waals surface area contributed by atoms with Gasteiger partial charge in [-0.25, -0.2) is 0 Å². The maximum Gasteiger partial charge on any atom is 0.0473 e. The van der Waals surface area contributed by atoms with Crippen molar-refractivity contribution in [1.82, 2.24) is 4.90 Å². The van der Waals surface area contributed by atoms with E-state index in [1.54, 1.807) is 0 Å². The van der Waals surface area contributed by atoms with Crippen LogP contribution in [-0.2, 0) is 0 Å². The van der Waals surface area contributed by atoms with E-state index in [2.05, 4.69) is 43.0 Å². The summed E-state index contributed by atoms with van der Waals surface area (Å²) in [4.78, 5) is 2.66. The lowest BCUT2D eigenvalue weighted by Gasteiger charge is -2.41. The monoisotopic (exact) mass is 260 g/mol. The van der Waals surface area contributed by atoms with E-state index < -0.39 is 0 Å². The van der Waals surface area contributed by atoms with Crippen LogP contribution in [0.4, 0.5) is 0 Å². The molecule has 2 nitrogen and oxygen atoms in total. The molecule has 0 radical (unpaired) electrons. The normalized spacial score (nSPS) is 22.4. The number of rotatable bonds is 5. The summed E-state index contributed by atoms with van der Waals surface area (Å²) in [7, 11) is 0. The van der Waals surface area contributed by atoms with Gasteiger partial charge in [0, 0.05) is 18.6 Å². The predicted octanol–water partition coefficient (Wildman–Crippen LogP) is 3.65. The molecular weight excluding hydrogens is 232 g/mol. The van der Waals surface area contributed by atoms with Gasteiger partial charge in [-0.1, -0.05) is 49.6 Å². The summed E-state index contributed by atoms with van der Waals surface area (Å²) >= 11 is 0. The zero-order chi connectivity index (χ0) is 13.7. The predicted molar refractivity (Wildman–Crippen MR) is 82.2 cm³/mol. The van der Waals surface area contributed by atoms with E-state index in [-0.39, 0.29) is 0 Å². The summed E-state index contributed by atoms with van der Waals surface area (Å²) in [6.07, 6.45) is 6.62. The van der Waals surface area contributed by atoms with Crippen LogP contribution in [0.2, 0.25) is 0 Å². The van der Waals surface area contributed by atoms with Gasteiger partial charge in [0.15, 0.2) is 0 Å². The van der Waals surface area contributed by atoms with Gasteiger partial charge in [0.05, 0.1) is 0 Å². The van der Waals surface area contributed by atoms with E-state index in [1.165, 1.54) is 49.8 Å². The second kappa shape index (κ2) is 7.06. The van der Waals surface area contributed by atoms with Crippen molar-refractivity contribution >= 4 is 0 Å². The number of likely N-dealkylation sites (tertiary alicyclic amines) is 1.